The number of amides is 1. The number of rotatable bonds is 7. The number of hydrogen-bond acceptors (Lipinski definition) is 3. The van der Waals surface area contributed by atoms with Gasteiger partial charge in [0.25, 0.3) is 0 Å². The highest BCUT2D eigenvalue weighted by Gasteiger charge is 2.27. The summed E-state index contributed by atoms with van der Waals surface area (Å²) in [5, 5.41) is 11.0. The summed E-state index contributed by atoms with van der Waals surface area (Å²) in [4.78, 5) is 21.8. The Morgan fingerprint density at radius 3 is 2.62 bits per heavy atom. The maximum Gasteiger partial charge on any atom is 0.411 e. The van der Waals surface area contributed by atoms with Crippen LogP contribution in [-0.2, 0) is 20.7 Å². The fourth-order valence-corrected chi connectivity index (χ4v) is 1.51. The smallest absolute Gasteiger partial charge is 0.411 e. The van der Waals surface area contributed by atoms with Crippen molar-refractivity contribution in [2.45, 2.75) is 19.0 Å². The quantitative estimate of drug-likeness (QED) is 0.810. The summed E-state index contributed by atoms with van der Waals surface area (Å²) in [6, 6.07) is 6.42. The number of carbonyl (C=O) groups is 2. The standard InChI is InChI=1S/C13H14F3NO4/c14-13(15,16)8-21-7-11(18)17-10-3-1-2-9(6-10)4-5-12(19)20/h1-3,6H,4-5,7-8H2,(H,17,18)(H,19,20). The molecule has 0 radical (unpaired) electrons. The predicted molar refractivity (Wildman–Crippen MR) is 67.9 cm³/mol. The summed E-state index contributed by atoms with van der Waals surface area (Å²) in [6.07, 6.45) is -4.23. The number of anilines is 1. The van der Waals surface area contributed by atoms with Crippen molar-refractivity contribution < 1.29 is 32.6 Å². The zero-order valence-corrected chi connectivity index (χ0v) is 10.9. The van der Waals surface area contributed by atoms with Crippen LogP contribution in [-0.4, -0.2) is 36.4 Å². The fraction of sp³-hybridized carbons (Fsp3) is 0.385. The average Bonchev–Trinajstić information content (AvgIpc) is 2.35. The molecule has 0 aromatic heterocycles. The molecule has 0 unspecified atom stereocenters. The number of carboxylic acid groups (broad SMARTS) is 1. The van der Waals surface area contributed by atoms with Crippen molar-refractivity contribution in [3.63, 3.8) is 0 Å². The van der Waals surface area contributed by atoms with Gasteiger partial charge in [0, 0.05) is 12.1 Å². The second-order valence-electron chi connectivity index (χ2n) is 4.25. The first kappa shape index (κ1) is 17.0. The number of ether oxygens (including phenoxy) is 1. The lowest BCUT2D eigenvalue weighted by atomic mass is 10.1. The summed E-state index contributed by atoms with van der Waals surface area (Å²) < 4.78 is 39.7. The molecule has 1 aromatic carbocycles. The maximum absolute atomic E-state index is 11.8. The van der Waals surface area contributed by atoms with Crippen LogP contribution in [0, 0.1) is 0 Å². The van der Waals surface area contributed by atoms with Crippen LogP contribution in [0.15, 0.2) is 24.3 Å². The number of hydrogen-bond donors (Lipinski definition) is 2. The minimum absolute atomic E-state index is 0.0495. The number of nitrogens with one attached hydrogen (secondary N) is 1. The SMILES string of the molecule is O=C(O)CCc1cccc(NC(=O)COCC(F)(F)F)c1. The van der Waals surface area contributed by atoms with Gasteiger partial charge in [-0.25, -0.2) is 0 Å². The van der Waals surface area contributed by atoms with Gasteiger partial charge in [-0.15, -0.1) is 0 Å². The molecule has 0 heterocycles. The summed E-state index contributed by atoms with van der Waals surface area (Å²) in [7, 11) is 0. The minimum Gasteiger partial charge on any atom is -0.481 e. The number of alkyl halides is 3. The third-order valence-electron chi connectivity index (χ3n) is 2.34. The molecule has 0 aliphatic carbocycles. The van der Waals surface area contributed by atoms with Gasteiger partial charge in [-0.3, -0.25) is 9.59 Å². The van der Waals surface area contributed by atoms with Crippen LogP contribution >= 0.6 is 0 Å². The van der Waals surface area contributed by atoms with Crippen LogP contribution in [0.2, 0.25) is 0 Å². The highest BCUT2D eigenvalue weighted by molar-refractivity contribution is 5.91. The van der Waals surface area contributed by atoms with Gasteiger partial charge in [0.2, 0.25) is 5.91 Å². The molecule has 0 bridgehead atoms. The van der Waals surface area contributed by atoms with Crippen LogP contribution in [0.1, 0.15) is 12.0 Å². The summed E-state index contributed by atoms with van der Waals surface area (Å²) in [5.41, 5.74) is 1.07. The first-order chi connectivity index (χ1) is 9.76. The Morgan fingerprint density at radius 1 is 1.29 bits per heavy atom. The molecule has 1 rings (SSSR count). The van der Waals surface area contributed by atoms with Crippen LogP contribution in [0.25, 0.3) is 0 Å². The van der Waals surface area contributed by atoms with E-state index in [1.54, 1.807) is 24.3 Å². The molecule has 0 aliphatic rings. The van der Waals surface area contributed by atoms with Crippen molar-refractivity contribution in [2.75, 3.05) is 18.5 Å². The lowest BCUT2D eigenvalue weighted by Gasteiger charge is -2.09. The van der Waals surface area contributed by atoms with Gasteiger partial charge in [-0.1, -0.05) is 12.1 Å². The number of halogens is 3. The molecule has 5 nitrogen and oxygen atoms in total. The third kappa shape index (κ3) is 7.93. The van der Waals surface area contributed by atoms with E-state index in [9.17, 15) is 22.8 Å². The van der Waals surface area contributed by atoms with E-state index < -0.39 is 31.3 Å². The van der Waals surface area contributed by atoms with Gasteiger partial charge in [-0.05, 0) is 24.1 Å². The van der Waals surface area contributed by atoms with Gasteiger partial charge in [0.15, 0.2) is 0 Å². The van der Waals surface area contributed by atoms with E-state index in [1.165, 1.54) is 0 Å². The molecule has 116 valence electrons. The van der Waals surface area contributed by atoms with Gasteiger partial charge < -0.3 is 15.2 Å². The largest absolute Gasteiger partial charge is 0.481 e. The van der Waals surface area contributed by atoms with E-state index in [2.05, 4.69) is 10.1 Å². The normalized spacial score (nSPS) is 11.2. The van der Waals surface area contributed by atoms with Gasteiger partial charge in [0.1, 0.15) is 13.2 Å². The van der Waals surface area contributed by atoms with Crippen molar-refractivity contribution in [1.29, 1.82) is 0 Å². The third-order valence-corrected chi connectivity index (χ3v) is 2.34. The zero-order valence-electron chi connectivity index (χ0n) is 10.9. The van der Waals surface area contributed by atoms with Gasteiger partial charge in [-0.2, -0.15) is 13.2 Å². The molecular weight excluding hydrogens is 291 g/mol. The Balaban J connectivity index is 2.45. The maximum atomic E-state index is 11.8. The molecule has 1 amide bonds. The number of carboxylic acids is 1. The Labute approximate surface area is 118 Å². The monoisotopic (exact) mass is 305 g/mol. The zero-order chi connectivity index (χ0) is 15.9. The van der Waals surface area contributed by atoms with Crippen molar-refractivity contribution >= 4 is 17.6 Å². The highest BCUT2D eigenvalue weighted by atomic mass is 19.4. The molecule has 1 aromatic rings. The van der Waals surface area contributed by atoms with Crippen molar-refractivity contribution in [1.82, 2.24) is 0 Å². The van der Waals surface area contributed by atoms with E-state index in [1.807, 2.05) is 0 Å². The Hall–Kier alpha value is -2.09. The summed E-state index contributed by atoms with van der Waals surface area (Å²) in [6.45, 7) is -2.20. The van der Waals surface area contributed by atoms with Gasteiger partial charge >= 0.3 is 12.1 Å². The van der Waals surface area contributed by atoms with E-state index in [0.29, 0.717) is 17.7 Å². The molecule has 21 heavy (non-hydrogen) atoms. The number of aliphatic carboxylic acids is 1. The summed E-state index contributed by atoms with van der Waals surface area (Å²) >= 11 is 0. The molecule has 8 heteroatoms. The van der Waals surface area contributed by atoms with Crippen molar-refractivity contribution in [3.8, 4) is 0 Å². The Kier molecular flexibility index (Phi) is 6.16. The van der Waals surface area contributed by atoms with Gasteiger partial charge in [0.05, 0.1) is 0 Å². The molecule has 0 saturated heterocycles. The minimum atomic E-state index is -4.48. The van der Waals surface area contributed by atoms with Crippen LogP contribution in [0.5, 0.6) is 0 Å². The van der Waals surface area contributed by atoms with E-state index in [-0.39, 0.29) is 6.42 Å². The Bertz CT molecular complexity index is 502. The number of carbonyl (C=O) groups excluding carboxylic acids is 1. The number of benzene rings is 1. The molecule has 0 fully saturated rings. The van der Waals surface area contributed by atoms with E-state index in [0.717, 1.165) is 0 Å². The average molecular weight is 305 g/mol. The molecule has 0 saturated carbocycles. The van der Waals surface area contributed by atoms with Crippen molar-refractivity contribution in [3.05, 3.63) is 29.8 Å². The topological polar surface area (TPSA) is 75.6 Å². The number of aryl methyl sites for hydroxylation is 1. The van der Waals surface area contributed by atoms with E-state index >= 15 is 0 Å². The van der Waals surface area contributed by atoms with E-state index in [4.69, 9.17) is 5.11 Å². The molecule has 0 aliphatic heterocycles. The second kappa shape index (κ2) is 7.63. The van der Waals surface area contributed by atoms with Crippen LogP contribution in [0.4, 0.5) is 18.9 Å². The highest BCUT2D eigenvalue weighted by Crippen LogP contribution is 2.15. The molecule has 2 N–H and O–H groups in total. The van der Waals surface area contributed by atoms with Crippen molar-refractivity contribution in [2.24, 2.45) is 0 Å². The molecule has 0 atom stereocenters. The molecular formula is C13H14F3NO4. The van der Waals surface area contributed by atoms with Crippen LogP contribution in [0.3, 0.4) is 0 Å². The molecule has 0 spiro atoms. The Morgan fingerprint density at radius 2 is 2.00 bits per heavy atom. The lowest BCUT2D eigenvalue weighted by Crippen LogP contribution is -2.24. The summed E-state index contributed by atoms with van der Waals surface area (Å²) in [5.74, 6) is -1.65. The fourth-order valence-electron chi connectivity index (χ4n) is 1.51. The first-order valence-corrected chi connectivity index (χ1v) is 6.01. The van der Waals surface area contributed by atoms with Crippen LogP contribution < -0.4 is 5.32 Å². The second-order valence-corrected chi connectivity index (χ2v) is 4.25. The predicted octanol–water partition coefficient (Wildman–Crippen LogP) is 2.22. The first-order valence-electron chi connectivity index (χ1n) is 6.01. The lowest BCUT2D eigenvalue weighted by molar-refractivity contribution is -0.174.